The summed E-state index contributed by atoms with van der Waals surface area (Å²) in [5.74, 6) is 0.202. The van der Waals surface area contributed by atoms with Crippen LogP contribution < -0.4 is 4.74 Å². The number of rotatable bonds is 11. The molecule has 0 aliphatic rings. The van der Waals surface area contributed by atoms with Crippen molar-refractivity contribution in [1.29, 1.82) is 0 Å². The summed E-state index contributed by atoms with van der Waals surface area (Å²) in [4.78, 5) is 15.0. The van der Waals surface area contributed by atoms with Gasteiger partial charge < -0.3 is 13.6 Å². The zero-order valence-corrected chi connectivity index (χ0v) is 23.1. The molecule has 0 aliphatic heterocycles. The lowest BCUT2D eigenvalue weighted by Gasteiger charge is -2.33. The van der Waals surface area contributed by atoms with Gasteiger partial charge in [-0.15, -0.1) is 15.0 Å². The van der Waals surface area contributed by atoms with Crippen molar-refractivity contribution in [3.8, 4) is 11.4 Å². The number of esters is 1. The molecule has 0 amide bonds. The first-order valence-electron chi connectivity index (χ1n) is 12.6. The molecule has 1 unspecified atom stereocenters. The molecule has 0 N–H and O–H groups in total. The molecule has 35 heavy (non-hydrogen) atoms. The highest BCUT2D eigenvalue weighted by Gasteiger charge is 2.42. The quantitative estimate of drug-likeness (QED) is 0.175. The maximum atomic E-state index is 13.4. The zero-order chi connectivity index (χ0) is 25.6. The monoisotopic (exact) mass is 497 g/mol. The number of hydrogen-bond donors (Lipinski definition) is 0. The molecular formula is C27H39N3O4Si. The van der Waals surface area contributed by atoms with E-state index in [1.807, 2.05) is 56.3 Å². The van der Waals surface area contributed by atoms with E-state index in [4.69, 9.17) is 13.6 Å². The number of nitrogens with zero attached hydrogens (tertiary/aromatic N) is 3. The van der Waals surface area contributed by atoms with E-state index in [9.17, 15) is 4.79 Å². The van der Waals surface area contributed by atoms with E-state index in [1.165, 1.54) is 0 Å². The number of aromatic nitrogens is 3. The topological polar surface area (TPSA) is 75.5 Å². The largest absolute Gasteiger partial charge is 0.424 e. The molecule has 2 aromatic carbocycles. The fraction of sp³-hybridized carbons (Fsp3) is 0.519. The Morgan fingerprint density at radius 3 is 2.09 bits per heavy atom. The van der Waals surface area contributed by atoms with Gasteiger partial charge in [0.25, 0.3) is 0 Å². The van der Waals surface area contributed by atoms with Crippen molar-refractivity contribution in [2.75, 3.05) is 13.2 Å². The summed E-state index contributed by atoms with van der Waals surface area (Å²) < 4.78 is 18.4. The van der Waals surface area contributed by atoms with Gasteiger partial charge >= 0.3 is 14.5 Å². The average molecular weight is 498 g/mol. The summed E-state index contributed by atoms with van der Waals surface area (Å²) in [6, 6.07) is 13.5. The van der Waals surface area contributed by atoms with Crippen LogP contribution in [0.25, 0.3) is 16.7 Å². The van der Waals surface area contributed by atoms with Gasteiger partial charge in [-0.05, 0) is 50.4 Å². The Bertz CT molecular complexity index is 1100. The molecular weight excluding hydrogens is 458 g/mol. The van der Waals surface area contributed by atoms with Crippen LogP contribution in [-0.2, 0) is 19.1 Å². The van der Waals surface area contributed by atoms with Crippen LogP contribution in [0.4, 0.5) is 0 Å². The number of ether oxygens (including phenoxy) is 1. The van der Waals surface area contributed by atoms with Gasteiger partial charge in [0.1, 0.15) is 16.7 Å². The molecule has 0 radical (unpaired) electrons. The van der Waals surface area contributed by atoms with E-state index in [1.54, 1.807) is 4.80 Å². The van der Waals surface area contributed by atoms with Crippen molar-refractivity contribution in [1.82, 2.24) is 15.0 Å². The second kappa shape index (κ2) is 11.5. The second-order valence-electron chi connectivity index (χ2n) is 9.93. The maximum absolute atomic E-state index is 13.4. The average Bonchev–Trinajstić information content (AvgIpc) is 3.22. The SMILES string of the molecule is CCCC(CC(=O)Oc1c(-n2nc3ccccc3n2)cccc1C(C)(C)C)[Si](C)(OCC)OCC. The first-order valence-corrected chi connectivity index (χ1v) is 15.0. The van der Waals surface area contributed by atoms with Crippen LogP contribution in [0.1, 0.15) is 66.4 Å². The summed E-state index contributed by atoms with van der Waals surface area (Å²) >= 11 is 0. The third kappa shape index (κ3) is 6.37. The molecule has 0 aliphatic carbocycles. The minimum absolute atomic E-state index is 0.00411. The molecule has 0 fully saturated rings. The molecule has 0 saturated carbocycles. The lowest BCUT2D eigenvalue weighted by atomic mass is 9.86. The first kappa shape index (κ1) is 27.0. The van der Waals surface area contributed by atoms with Crippen molar-refractivity contribution in [2.45, 2.75) is 78.3 Å². The van der Waals surface area contributed by atoms with Gasteiger partial charge in [0.2, 0.25) is 0 Å². The van der Waals surface area contributed by atoms with Crippen LogP contribution in [0.15, 0.2) is 42.5 Å². The van der Waals surface area contributed by atoms with E-state index >= 15 is 0 Å². The van der Waals surface area contributed by atoms with Crippen molar-refractivity contribution >= 4 is 25.6 Å². The minimum Gasteiger partial charge on any atom is -0.424 e. The van der Waals surface area contributed by atoms with E-state index in [-0.39, 0.29) is 23.3 Å². The van der Waals surface area contributed by atoms with Crippen LogP contribution >= 0.6 is 0 Å². The van der Waals surface area contributed by atoms with Crippen LogP contribution in [0.5, 0.6) is 5.75 Å². The fourth-order valence-corrected chi connectivity index (χ4v) is 7.50. The predicted octanol–water partition coefficient (Wildman–Crippen LogP) is 6.33. The Morgan fingerprint density at radius 2 is 1.57 bits per heavy atom. The van der Waals surface area contributed by atoms with Crippen molar-refractivity contribution in [3.05, 3.63) is 48.0 Å². The smallest absolute Gasteiger partial charge is 0.338 e. The third-order valence-electron chi connectivity index (χ3n) is 6.17. The van der Waals surface area contributed by atoms with Gasteiger partial charge in [-0.25, -0.2) is 0 Å². The van der Waals surface area contributed by atoms with Gasteiger partial charge in [-0.1, -0.05) is 58.4 Å². The van der Waals surface area contributed by atoms with Crippen LogP contribution in [-0.4, -0.2) is 42.7 Å². The standard InChI is InChI=1S/C27H39N3O4Si/c1-8-14-20(35(7,32-9-2)33-10-3)19-25(31)34-26-21(27(4,5)6)15-13-18-24(26)30-28-22-16-11-12-17-23(22)29-30/h11-13,15-18,20H,8-10,14,19H2,1-7H3. The molecule has 0 saturated heterocycles. The van der Waals surface area contributed by atoms with E-state index in [2.05, 4.69) is 44.4 Å². The van der Waals surface area contributed by atoms with Crippen molar-refractivity contribution in [2.24, 2.45) is 0 Å². The molecule has 1 aromatic heterocycles. The van der Waals surface area contributed by atoms with E-state index in [0.717, 1.165) is 29.4 Å². The van der Waals surface area contributed by atoms with Crippen molar-refractivity contribution < 1.29 is 18.4 Å². The van der Waals surface area contributed by atoms with Gasteiger partial charge in [0.15, 0.2) is 5.75 Å². The summed E-state index contributed by atoms with van der Waals surface area (Å²) in [6.07, 6.45) is 2.02. The Kier molecular flexibility index (Phi) is 8.85. The molecule has 190 valence electrons. The number of benzene rings is 2. The lowest BCUT2D eigenvalue weighted by Crippen LogP contribution is -2.45. The number of carbonyl (C=O) groups excluding carboxylic acids is 1. The Hall–Kier alpha value is -2.55. The Morgan fingerprint density at radius 1 is 0.971 bits per heavy atom. The van der Waals surface area contributed by atoms with Crippen LogP contribution in [0.2, 0.25) is 12.1 Å². The number of fused-ring (bicyclic) bond motifs is 1. The van der Waals surface area contributed by atoms with Gasteiger partial charge in [-0.3, -0.25) is 4.79 Å². The third-order valence-corrected chi connectivity index (χ3v) is 9.87. The van der Waals surface area contributed by atoms with Gasteiger partial charge in [0, 0.05) is 24.3 Å². The molecule has 1 heterocycles. The van der Waals surface area contributed by atoms with Gasteiger partial charge in [0.05, 0.1) is 6.42 Å². The fourth-order valence-electron chi connectivity index (χ4n) is 4.45. The Balaban J connectivity index is 1.99. The lowest BCUT2D eigenvalue weighted by molar-refractivity contribution is -0.134. The van der Waals surface area contributed by atoms with E-state index in [0.29, 0.717) is 24.7 Å². The molecule has 1 atom stereocenters. The highest BCUT2D eigenvalue weighted by atomic mass is 28.4. The molecule has 8 heteroatoms. The van der Waals surface area contributed by atoms with Crippen molar-refractivity contribution in [3.63, 3.8) is 0 Å². The molecule has 0 bridgehead atoms. The molecule has 3 aromatic rings. The van der Waals surface area contributed by atoms with Gasteiger partial charge in [-0.2, -0.15) is 0 Å². The maximum Gasteiger partial charge on any atom is 0.338 e. The number of hydrogen-bond acceptors (Lipinski definition) is 6. The highest BCUT2D eigenvalue weighted by Crippen LogP contribution is 2.38. The molecule has 3 rings (SSSR count). The highest BCUT2D eigenvalue weighted by molar-refractivity contribution is 6.67. The molecule has 7 nitrogen and oxygen atoms in total. The predicted molar refractivity (Wildman–Crippen MR) is 141 cm³/mol. The summed E-state index contributed by atoms with van der Waals surface area (Å²) in [5.41, 5.74) is 2.87. The number of para-hydroxylation sites is 1. The van der Waals surface area contributed by atoms with E-state index < -0.39 is 8.56 Å². The normalized spacial score (nSPS) is 13.2. The summed E-state index contributed by atoms with van der Waals surface area (Å²) in [7, 11) is -2.56. The summed E-state index contributed by atoms with van der Waals surface area (Å²) in [6.45, 7) is 15.5. The van der Waals surface area contributed by atoms with Crippen LogP contribution in [0.3, 0.4) is 0 Å². The van der Waals surface area contributed by atoms with Crippen LogP contribution in [0, 0.1) is 0 Å². The first-order chi connectivity index (χ1) is 16.6. The Labute approximate surface area is 210 Å². The molecule has 0 spiro atoms. The summed E-state index contributed by atoms with van der Waals surface area (Å²) in [5, 5.41) is 9.27. The minimum atomic E-state index is -2.56. The number of carbonyl (C=O) groups is 1. The second-order valence-corrected chi connectivity index (χ2v) is 13.4. The zero-order valence-electron chi connectivity index (χ0n) is 22.1.